The fraction of sp³-hybridized carbons (Fsp3) is 0.100. The van der Waals surface area contributed by atoms with Gasteiger partial charge in [-0.2, -0.15) is 0 Å². The number of hydrogen-bond donors (Lipinski definition) is 3. The first-order valence-corrected chi connectivity index (χ1v) is 5.09. The molecule has 0 aliphatic heterocycles. The molecule has 0 bridgehead atoms. The monoisotopic (exact) mass is 333 g/mol. The number of benzene rings is 1. The van der Waals surface area contributed by atoms with Crippen molar-refractivity contribution in [3.8, 4) is 0 Å². The highest BCUT2D eigenvalue weighted by atomic mass is 127. The lowest BCUT2D eigenvalue weighted by molar-refractivity contribution is 1.23. The van der Waals surface area contributed by atoms with E-state index in [1.54, 1.807) is 0 Å². The molecule has 0 spiro atoms. The smallest absolute Gasteiger partial charge is 0.156 e. The molecule has 0 aliphatic rings. The van der Waals surface area contributed by atoms with Gasteiger partial charge in [0.05, 0.1) is 0 Å². The van der Waals surface area contributed by atoms with Crippen LogP contribution in [0.15, 0.2) is 29.2 Å². The second kappa shape index (κ2) is 4.89. The second-order valence-electron chi connectivity index (χ2n) is 3.09. The number of halogens is 1. The first-order valence-electron chi connectivity index (χ1n) is 4.27. The van der Waals surface area contributed by atoms with Gasteiger partial charge in [0.1, 0.15) is 0 Å². The van der Waals surface area contributed by atoms with Crippen molar-refractivity contribution in [3.63, 3.8) is 0 Å². The van der Waals surface area contributed by atoms with Crippen LogP contribution >= 0.6 is 35.7 Å². The number of aromatic nitrogens is 1. The van der Waals surface area contributed by atoms with Crippen LogP contribution in [0.2, 0.25) is 0 Å². The summed E-state index contributed by atoms with van der Waals surface area (Å²) in [5, 5.41) is 8.52. The summed E-state index contributed by atoms with van der Waals surface area (Å²) in [5.41, 5.74) is 7.53. The number of hydrogen-bond acceptors (Lipinski definition) is 2. The molecule has 0 aliphatic carbocycles. The maximum Gasteiger partial charge on any atom is 0.156 e. The molecule has 0 unspecified atom stereocenters. The first kappa shape index (κ1) is 12.4. The summed E-state index contributed by atoms with van der Waals surface area (Å²) in [4.78, 5) is 4.31. The van der Waals surface area contributed by atoms with Gasteiger partial charge in [-0.25, -0.2) is 0 Å². The number of rotatable bonds is 1. The van der Waals surface area contributed by atoms with Crippen LogP contribution in [-0.4, -0.2) is 10.2 Å². The number of aryl methyl sites for hydroxylation is 1. The van der Waals surface area contributed by atoms with Gasteiger partial charge in [-0.15, -0.1) is 24.0 Å². The number of nitrogens with one attached hydrogen (secondary N) is 2. The first-order chi connectivity index (χ1) is 6.68. The predicted octanol–water partition coefficient (Wildman–Crippen LogP) is 3.08. The lowest BCUT2D eigenvalue weighted by Gasteiger charge is -1.97. The van der Waals surface area contributed by atoms with E-state index in [1.165, 1.54) is 11.8 Å². The molecule has 5 heteroatoms. The molecule has 1 aromatic heterocycles. The normalized spacial score (nSPS) is 9.93. The fourth-order valence-electron chi connectivity index (χ4n) is 1.49. The van der Waals surface area contributed by atoms with Gasteiger partial charge in [0.25, 0.3) is 0 Å². The average Bonchev–Trinajstić information content (AvgIpc) is 2.43. The second-order valence-corrected chi connectivity index (χ2v) is 4.14. The van der Waals surface area contributed by atoms with E-state index < -0.39 is 0 Å². The minimum Gasteiger partial charge on any atom is -0.378 e. The number of H-pyrrole nitrogens is 1. The van der Waals surface area contributed by atoms with E-state index in [9.17, 15) is 0 Å². The van der Waals surface area contributed by atoms with E-state index >= 15 is 0 Å². The highest BCUT2D eigenvalue weighted by Crippen LogP contribution is 2.30. The molecule has 0 amide bonds. The molecule has 4 N–H and O–H groups in total. The molecular weight excluding hydrogens is 321 g/mol. The minimum absolute atomic E-state index is 0. The zero-order chi connectivity index (χ0) is 10.1. The number of amidine groups is 1. The van der Waals surface area contributed by atoms with Crippen LogP contribution in [0.3, 0.4) is 0 Å². The Morgan fingerprint density at radius 2 is 2.07 bits per heavy atom. The Morgan fingerprint density at radius 1 is 1.40 bits per heavy atom. The lowest BCUT2D eigenvalue weighted by Crippen LogP contribution is -2.02. The van der Waals surface area contributed by atoms with Crippen molar-refractivity contribution < 1.29 is 0 Å². The fourth-order valence-corrected chi connectivity index (χ4v) is 2.20. The Bertz CT molecular complexity index is 492. The van der Waals surface area contributed by atoms with Crippen molar-refractivity contribution in [2.45, 2.75) is 11.8 Å². The number of nitrogens with two attached hydrogens (primary N) is 1. The van der Waals surface area contributed by atoms with Crippen molar-refractivity contribution >= 4 is 51.8 Å². The van der Waals surface area contributed by atoms with Gasteiger partial charge in [0, 0.05) is 21.5 Å². The quantitative estimate of drug-likeness (QED) is 0.325. The van der Waals surface area contributed by atoms with Crippen LogP contribution in [0.25, 0.3) is 10.9 Å². The third-order valence-corrected chi connectivity index (χ3v) is 3.00. The molecule has 80 valence electrons. The van der Waals surface area contributed by atoms with Gasteiger partial charge in [-0.1, -0.05) is 30.0 Å². The summed E-state index contributed by atoms with van der Waals surface area (Å²) in [5.74, 6) is 0. The van der Waals surface area contributed by atoms with E-state index in [-0.39, 0.29) is 29.1 Å². The Kier molecular flexibility index (Phi) is 4.04. The van der Waals surface area contributed by atoms with Gasteiger partial charge in [0.15, 0.2) is 5.17 Å². The highest BCUT2D eigenvalue weighted by molar-refractivity contribution is 14.0. The SMILES string of the molecule is Cc1[nH]c2ccccc2c1SC(=N)N.I. The Morgan fingerprint density at radius 3 is 2.73 bits per heavy atom. The number of thioether (sulfide) groups is 1. The molecule has 0 saturated heterocycles. The van der Waals surface area contributed by atoms with Crippen molar-refractivity contribution in [3.05, 3.63) is 30.0 Å². The zero-order valence-corrected chi connectivity index (χ0v) is 11.4. The maximum atomic E-state index is 7.27. The van der Waals surface area contributed by atoms with Crippen LogP contribution < -0.4 is 5.73 Å². The Balaban J connectivity index is 0.00000112. The third kappa shape index (κ3) is 2.46. The van der Waals surface area contributed by atoms with Crippen LogP contribution in [0.4, 0.5) is 0 Å². The van der Waals surface area contributed by atoms with E-state index in [0.29, 0.717) is 0 Å². The van der Waals surface area contributed by atoms with Crippen LogP contribution in [0.5, 0.6) is 0 Å². The Labute approximate surface area is 109 Å². The number of fused-ring (bicyclic) bond motifs is 1. The van der Waals surface area contributed by atoms with Crippen molar-refractivity contribution in [2.75, 3.05) is 0 Å². The van der Waals surface area contributed by atoms with Gasteiger partial charge >= 0.3 is 0 Å². The van der Waals surface area contributed by atoms with Crippen molar-refractivity contribution in [2.24, 2.45) is 5.73 Å². The van der Waals surface area contributed by atoms with E-state index in [2.05, 4.69) is 4.98 Å². The van der Waals surface area contributed by atoms with Crippen LogP contribution in [-0.2, 0) is 0 Å². The molecular formula is C10H12IN3S. The molecule has 1 aromatic carbocycles. The lowest BCUT2D eigenvalue weighted by atomic mass is 10.2. The van der Waals surface area contributed by atoms with Crippen molar-refractivity contribution in [1.29, 1.82) is 5.41 Å². The van der Waals surface area contributed by atoms with Crippen LogP contribution in [0, 0.1) is 12.3 Å². The molecule has 3 nitrogen and oxygen atoms in total. The molecule has 0 radical (unpaired) electrons. The summed E-state index contributed by atoms with van der Waals surface area (Å²) in [6, 6.07) is 8.02. The summed E-state index contributed by atoms with van der Waals surface area (Å²) in [7, 11) is 0. The topological polar surface area (TPSA) is 65.7 Å². The molecule has 0 saturated carbocycles. The summed E-state index contributed by atoms with van der Waals surface area (Å²) in [6.07, 6.45) is 0. The molecule has 2 aromatic rings. The van der Waals surface area contributed by atoms with Crippen LogP contribution in [0.1, 0.15) is 5.69 Å². The number of para-hydroxylation sites is 1. The standard InChI is InChI=1S/C10H11N3S.HI/c1-6-9(14-10(11)12)7-4-2-3-5-8(7)13-6;/h2-5,13H,1H3,(H3,11,12);1H. The minimum atomic E-state index is 0. The summed E-state index contributed by atoms with van der Waals surface area (Å²) >= 11 is 1.29. The zero-order valence-electron chi connectivity index (χ0n) is 8.20. The third-order valence-electron chi connectivity index (χ3n) is 2.05. The summed E-state index contributed by atoms with van der Waals surface area (Å²) in [6.45, 7) is 1.99. The maximum absolute atomic E-state index is 7.27. The molecule has 15 heavy (non-hydrogen) atoms. The number of aromatic amines is 1. The van der Waals surface area contributed by atoms with Gasteiger partial charge in [-0.3, -0.25) is 5.41 Å². The van der Waals surface area contributed by atoms with E-state index in [1.807, 2.05) is 31.2 Å². The van der Waals surface area contributed by atoms with Gasteiger partial charge in [-0.05, 0) is 13.0 Å². The average molecular weight is 333 g/mol. The predicted molar refractivity (Wildman–Crippen MR) is 76.2 cm³/mol. The highest BCUT2D eigenvalue weighted by Gasteiger charge is 2.08. The molecule has 0 atom stereocenters. The molecule has 2 rings (SSSR count). The molecule has 0 fully saturated rings. The summed E-state index contributed by atoms with van der Waals surface area (Å²) < 4.78 is 0. The van der Waals surface area contributed by atoms with E-state index in [4.69, 9.17) is 11.1 Å². The van der Waals surface area contributed by atoms with E-state index in [0.717, 1.165) is 21.5 Å². The largest absolute Gasteiger partial charge is 0.378 e. The van der Waals surface area contributed by atoms with Crippen molar-refractivity contribution in [1.82, 2.24) is 4.98 Å². The van der Waals surface area contributed by atoms with Gasteiger partial charge < -0.3 is 10.7 Å². The molecule has 1 heterocycles. The Hall–Kier alpha value is -0.690. The van der Waals surface area contributed by atoms with Gasteiger partial charge in [0.2, 0.25) is 0 Å².